The molecule has 2 N–H and O–H groups in total. The Bertz CT molecular complexity index is 651. The van der Waals surface area contributed by atoms with Crippen LogP contribution in [0.3, 0.4) is 0 Å². The zero-order valence-corrected chi connectivity index (χ0v) is 13.3. The third-order valence-electron chi connectivity index (χ3n) is 3.65. The summed E-state index contributed by atoms with van der Waals surface area (Å²) in [6.45, 7) is 3.99. The van der Waals surface area contributed by atoms with Gasteiger partial charge in [0.15, 0.2) is 0 Å². The van der Waals surface area contributed by atoms with Crippen LogP contribution in [0.25, 0.3) is 0 Å². The maximum Gasteiger partial charge on any atom is 0.325 e. The molecule has 7 heteroatoms. The Kier molecular flexibility index (Phi) is 4.53. The number of aromatic nitrogens is 2. The van der Waals surface area contributed by atoms with Gasteiger partial charge in [0.2, 0.25) is 10.3 Å². The number of nitrogens with zero attached hydrogens (tertiary/aromatic N) is 3. The van der Waals surface area contributed by atoms with Crippen LogP contribution in [0.4, 0.5) is 20.7 Å². The molecule has 2 aromatic rings. The topological polar surface area (TPSA) is 70.1 Å². The summed E-state index contributed by atoms with van der Waals surface area (Å²) in [5.74, 6) is 0. The predicted molar refractivity (Wildman–Crippen MR) is 89.8 cm³/mol. The van der Waals surface area contributed by atoms with Crippen LogP contribution in [-0.2, 0) is 0 Å². The van der Waals surface area contributed by atoms with Crippen LogP contribution in [0.5, 0.6) is 0 Å². The van der Waals surface area contributed by atoms with E-state index in [1.54, 1.807) is 0 Å². The summed E-state index contributed by atoms with van der Waals surface area (Å²) in [6, 6.07) is 7.36. The van der Waals surface area contributed by atoms with Crippen molar-refractivity contribution in [2.45, 2.75) is 26.2 Å². The van der Waals surface area contributed by atoms with Gasteiger partial charge in [-0.15, -0.1) is 10.2 Å². The van der Waals surface area contributed by atoms with Crippen LogP contribution in [0.1, 0.15) is 24.8 Å². The second-order valence-corrected chi connectivity index (χ2v) is 6.29. The van der Waals surface area contributed by atoms with E-state index in [-0.39, 0.29) is 6.03 Å². The number of rotatable bonds is 3. The highest BCUT2D eigenvalue weighted by Gasteiger charge is 2.16. The summed E-state index contributed by atoms with van der Waals surface area (Å²) in [4.78, 5) is 14.3. The van der Waals surface area contributed by atoms with Crippen LogP contribution < -0.4 is 15.5 Å². The SMILES string of the molecule is Cc1ccccc1NC(=O)Nc1nnc(N2CCCCC2)s1. The van der Waals surface area contributed by atoms with E-state index in [9.17, 15) is 4.79 Å². The molecule has 1 aliphatic rings. The average molecular weight is 317 g/mol. The highest BCUT2D eigenvalue weighted by atomic mass is 32.1. The quantitative estimate of drug-likeness (QED) is 0.909. The number of hydrogen-bond acceptors (Lipinski definition) is 5. The Balaban J connectivity index is 1.60. The lowest BCUT2D eigenvalue weighted by Crippen LogP contribution is -2.29. The first-order valence-corrected chi connectivity index (χ1v) is 8.26. The summed E-state index contributed by atoms with van der Waals surface area (Å²) in [6.07, 6.45) is 3.66. The van der Waals surface area contributed by atoms with Gasteiger partial charge in [0.05, 0.1) is 0 Å². The molecule has 1 aliphatic heterocycles. The second-order valence-electron chi connectivity index (χ2n) is 5.33. The van der Waals surface area contributed by atoms with Gasteiger partial charge in [0.25, 0.3) is 0 Å². The maximum absolute atomic E-state index is 12.0. The molecule has 1 saturated heterocycles. The zero-order valence-electron chi connectivity index (χ0n) is 12.5. The molecule has 0 atom stereocenters. The van der Waals surface area contributed by atoms with E-state index in [1.807, 2.05) is 31.2 Å². The van der Waals surface area contributed by atoms with Crippen molar-refractivity contribution in [3.8, 4) is 0 Å². The smallest absolute Gasteiger partial charge is 0.325 e. The standard InChI is InChI=1S/C15H19N5OS/c1-11-7-3-4-8-12(11)16-13(21)17-14-18-19-15(22-14)20-9-5-2-6-10-20/h3-4,7-8H,2,5-6,9-10H2,1H3,(H2,16,17,18,21). The highest BCUT2D eigenvalue weighted by Crippen LogP contribution is 2.26. The molecule has 3 rings (SSSR count). The highest BCUT2D eigenvalue weighted by molar-refractivity contribution is 7.19. The average Bonchev–Trinajstić information content (AvgIpc) is 2.99. The number of hydrogen-bond donors (Lipinski definition) is 2. The van der Waals surface area contributed by atoms with Gasteiger partial charge in [-0.3, -0.25) is 5.32 Å². The lowest BCUT2D eigenvalue weighted by atomic mass is 10.1. The molecule has 2 heterocycles. The molecule has 6 nitrogen and oxygen atoms in total. The fraction of sp³-hybridized carbons (Fsp3) is 0.400. The van der Waals surface area contributed by atoms with Crippen molar-refractivity contribution in [1.29, 1.82) is 0 Å². The summed E-state index contributed by atoms with van der Waals surface area (Å²) in [5, 5.41) is 15.2. The molecular formula is C15H19N5OS. The van der Waals surface area contributed by atoms with Crippen molar-refractivity contribution >= 4 is 33.3 Å². The van der Waals surface area contributed by atoms with Crippen LogP contribution in [0, 0.1) is 6.92 Å². The Morgan fingerprint density at radius 1 is 1.14 bits per heavy atom. The van der Waals surface area contributed by atoms with Gasteiger partial charge in [-0.2, -0.15) is 0 Å². The Labute approximate surface area is 133 Å². The van der Waals surface area contributed by atoms with Gasteiger partial charge < -0.3 is 10.2 Å². The molecule has 116 valence electrons. The van der Waals surface area contributed by atoms with Crippen LogP contribution >= 0.6 is 11.3 Å². The summed E-state index contributed by atoms with van der Waals surface area (Å²) < 4.78 is 0. The number of piperidine rings is 1. The van der Waals surface area contributed by atoms with Crippen molar-refractivity contribution in [2.75, 3.05) is 28.6 Å². The number of carbonyl (C=O) groups is 1. The van der Waals surface area contributed by atoms with Gasteiger partial charge in [-0.1, -0.05) is 29.5 Å². The molecular weight excluding hydrogens is 298 g/mol. The number of para-hydroxylation sites is 1. The number of amides is 2. The number of carbonyl (C=O) groups excluding carboxylic acids is 1. The molecule has 1 fully saturated rings. The minimum atomic E-state index is -0.296. The van der Waals surface area contributed by atoms with E-state index in [2.05, 4.69) is 25.7 Å². The molecule has 0 saturated carbocycles. The number of anilines is 3. The zero-order chi connectivity index (χ0) is 15.4. The minimum Gasteiger partial charge on any atom is -0.347 e. The number of aryl methyl sites for hydroxylation is 1. The number of nitrogens with one attached hydrogen (secondary N) is 2. The lowest BCUT2D eigenvalue weighted by Gasteiger charge is -2.25. The Morgan fingerprint density at radius 3 is 2.68 bits per heavy atom. The van der Waals surface area contributed by atoms with Gasteiger partial charge in [-0.25, -0.2) is 4.79 Å². The summed E-state index contributed by atoms with van der Waals surface area (Å²) >= 11 is 1.41. The molecule has 0 bridgehead atoms. The third-order valence-corrected chi connectivity index (χ3v) is 4.55. The van der Waals surface area contributed by atoms with Gasteiger partial charge in [0, 0.05) is 18.8 Å². The Hall–Kier alpha value is -2.15. The molecule has 1 aromatic carbocycles. The fourth-order valence-corrected chi connectivity index (χ4v) is 3.23. The predicted octanol–water partition coefficient (Wildman–Crippen LogP) is 3.48. The van der Waals surface area contributed by atoms with E-state index in [0.29, 0.717) is 5.13 Å². The van der Waals surface area contributed by atoms with E-state index in [4.69, 9.17) is 0 Å². The first-order chi connectivity index (χ1) is 10.7. The molecule has 0 radical (unpaired) electrons. The van der Waals surface area contributed by atoms with Crippen molar-refractivity contribution in [2.24, 2.45) is 0 Å². The van der Waals surface area contributed by atoms with Gasteiger partial charge >= 0.3 is 6.03 Å². The third kappa shape index (κ3) is 3.54. The Morgan fingerprint density at radius 2 is 1.91 bits per heavy atom. The van der Waals surface area contributed by atoms with Crippen molar-refractivity contribution < 1.29 is 4.79 Å². The minimum absolute atomic E-state index is 0.296. The molecule has 0 aliphatic carbocycles. The molecule has 2 amide bonds. The van der Waals surface area contributed by atoms with Crippen molar-refractivity contribution in [3.63, 3.8) is 0 Å². The van der Waals surface area contributed by atoms with E-state index in [0.717, 1.165) is 29.5 Å². The summed E-state index contributed by atoms with van der Waals surface area (Å²) in [7, 11) is 0. The van der Waals surface area contributed by atoms with Crippen molar-refractivity contribution in [1.82, 2.24) is 10.2 Å². The van der Waals surface area contributed by atoms with Crippen LogP contribution in [0.2, 0.25) is 0 Å². The number of benzene rings is 1. The van der Waals surface area contributed by atoms with Gasteiger partial charge in [-0.05, 0) is 37.8 Å². The maximum atomic E-state index is 12.0. The van der Waals surface area contributed by atoms with Crippen LogP contribution in [-0.4, -0.2) is 29.3 Å². The first kappa shape index (κ1) is 14.8. The van der Waals surface area contributed by atoms with Crippen molar-refractivity contribution in [3.05, 3.63) is 29.8 Å². The van der Waals surface area contributed by atoms with Gasteiger partial charge in [0.1, 0.15) is 0 Å². The van der Waals surface area contributed by atoms with E-state index >= 15 is 0 Å². The fourth-order valence-electron chi connectivity index (χ4n) is 2.44. The molecule has 22 heavy (non-hydrogen) atoms. The normalized spacial score (nSPS) is 14.7. The van der Waals surface area contributed by atoms with E-state index < -0.39 is 0 Å². The molecule has 1 aromatic heterocycles. The second kappa shape index (κ2) is 6.74. The number of urea groups is 1. The molecule has 0 spiro atoms. The lowest BCUT2D eigenvalue weighted by molar-refractivity contribution is 0.262. The summed E-state index contributed by atoms with van der Waals surface area (Å²) in [5.41, 5.74) is 1.81. The van der Waals surface area contributed by atoms with E-state index in [1.165, 1.54) is 30.6 Å². The first-order valence-electron chi connectivity index (χ1n) is 7.44. The largest absolute Gasteiger partial charge is 0.347 e. The van der Waals surface area contributed by atoms with Crippen LogP contribution in [0.15, 0.2) is 24.3 Å². The monoisotopic (exact) mass is 317 g/mol. The molecule has 0 unspecified atom stereocenters.